The van der Waals surface area contributed by atoms with E-state index in [4.69, 9.17) is 17.0 Å². The van der Waals surface area contributed by atoms with Gasteiger partial charge in [-0.25, -0.2) is 4.79 Å². The summed E-state index contributed by atoms with van der Waals surface area (Å²) in [5.41, 5.74) is 5.78. The van der Waals surface area contributed by atoms with Crippen LogP contribution >= 0.6 is 12.2 Å². The van der Waals surface area contributed by atoms with Crippen molar-refractivity contribution < 1.29 is 9.53 Å². The largest absolute Gasteiger partial charge is 0.465 e. The van der Waals surface area contributed by atoms with Gasteiger partial charge < -0.3 is 24.4 Å². The summed E-state index contributed by atoms with van der Waals surface area (Å²) in [5, 5.41) is 4.26. The van der Waals surface area contributed by atoms with Crippen molar-refractivity contribution in [3.05, 3.63) is 82.9 Å². The summed E-state index contributed by atoms with van der Waals surface area (Å²) in [6.45, 7) is 5.89. The summed E-state index contributed by atoms with van der Waals surface area (Å²) >= 11 is 5.79. The van der Waals surface area contributed by atoms with E-state index in [0.29, 0.717) is 5.56 Å². The molecule has 1 aliphatic heterocycles. The molecule has 3 aromatic rings. The minimum atomic E-state index is -0.347. The summed E-state index contributed by atoms with van der Waals surface area (Å²) in [6.07, 6.45) is 1.82. The van der Waals surface area contributed by atoms with Crippen LogP contribution in [0.3, 0.4) is 0 Å². The number of aromatic nitrogens is 2. The van der Waals surface area contributed by atoms with E-state index in [2.05, 4.69) is 58.7 Å². The van der Waals surface area contributed by atoms with Crippen LogP contribution in [0, 0.1) is 13.8 Å². The standard InChI is InChI=1S/C26H31N5O2S/c1-17-15-21(18(2)31(17)20-10-8-9-19(16-20)25(32)33-5)24-23(22-11-6-7-12-27-22)28-26(34)30(24)14-13-29(3)4/h6-12,15-16,23-24H,13-14H2,1-5H3,(H,28,34)/t23-,24-/m1/s1. The number of carbonyl (C=O) groups is 1. The number of benzene rings is 1. The Morgan fingerprint density at radius 1 is 1.18 bits per heavy atom. The van der Waals surface area contributed by atoms with Crippen LogP contribution in [0.25, 0.3) is 5.69 Å². The summed E-state index contributed by atoms with van der Waals surface area (Å²) < 4.78 is 7.10. The van der Waals surface area contributed by atoms with Gasteiger partial charge >= 0.3 is 5.97 Å². The van der Waals surface area contributed by atoms with Gasteiger partial charge in [-0.3, -0.25) is 4.98 Å². The average molecular weight is 478 g/mol. The number of methoxy groups -OCH3 is 1. The van der Waals surface area contributed by atoms with E-state index in [0.717, 1.165) is 41.0 Å². The summed E-state index contributed by atoms with van der Waals surface area (Å²) in [5.74, 6) is -0.347. The molecule has 7 nitrogen and oxygen atoms in total. The average Bonchev–Trinajstić information content (AvgIpc) is 3.32. The number of ether oxygens (including phenoxy) is 1. The van der Waals surface area contributed by atoms with Crippen molar-refractivity contribution in [2.24, 2.45) is 0 Å². The minimum absolute atomic E-state index is 0.00825. The molecule has 0 amide bonds. The lowest BCUT2D eigenvalue weighted by atomic mass is 9.96. The van der Waals surface area contributed by atoms with Gasteiger partial charge in [0.15, 0.2) is 5.11 Å². The molecule has 1 fully saturated rings. The van der Waals surface area contributed by atoms with Gasteiger partial charge in [-0.2, -0.15) is 0 Å². The zero-order chi connectivity index (χ0) is 24.4. The van der Waals surface area contributed by atoms with Crippen molar-refractivity contribution in [1.82, 2.24) is 24.7 Å². The monoisotopic (exact) mass is 477 g/mol. The minimum Gasteiger partial charge on any atom is -0.465 e. The zero-order valence-electron chi connectivity index (χ0n) is 20.3. The Morgan fingerprint density at radius 2 is 1.97 bits per heavy atom. The third-order valence-electron chi connectivity index (χ3n) is 6.30. The van der Waals surface area contributed by atoms with Crippen LogP contribution in [-0.4, -0.2) is 64.7 Å². The molecule has 0 radical (unpaired) electrons. The first kappa shape index (κ1) is 23.9. The van der Waals surface area contributed by atoms with Crippen molar-refractivity contribution in [3.8, 4) is 5.69 Å². The molecule has 1 aromatic carbocycles. The van der Waals surface area contributed by atoms with Crippen LogP contribution in [0.15, 0.2) is 54.7 Å². The predicted molar refractivity (Wildman–Crippen MR) is 137 cm³/mol. The lowest BCUT2D eigenvalue weighted by Crippen LogP contribution is -2.35. The predicted octanol–water partition coefficient (Wildman–Crippen LogP) is 3.81. The Balaban J connectivity index is 1.80. The Bertz CT molecular complexity index is 1190. The van der Waals surface area contributed by atoms with E-state index in [9.17, 15) is 4.79 Å². The van der Waals surface area contributed by atoms with Gasteiger partial charge in [0.2, 0.25) is 0 Å². The van der Waals surface area contributed by atoms with Crippen molar-refractivity contribution >= 4 is 23.3 Å². The van der Waals surface area contributed by atoms with E-state index >= 15 is 0 Å². The fraction of sp³-hybridized carbons (Fsp3) is 0.346. The molecule has 0 unspecified atom stereocenters. The molecule has 1 N–H and O–H groups in total. The van der Waals surface area contributed by atoms with Crippen molar-refractivity contribution in [2.75, 3.05) is 34.3 Å². The van der Waals surface area contributed by atoms with Crippen LogP contribution in [0.1, 0.15) is 45.1 Å². The fourth-order valence-corrected chi connectivity index (χ4v) is 5.00. The Morgan fingerprint density at radius 3 is 2.65 bits per heavy atom. The van der Waals surface area contributed by atoms with Crippen LogP contribution in [0.5, 0.6) is 0 Å². The van der Waals surface area contributed by atoms with E-state index in [-0.39, 0.29) is 18.1 Å². The number of likely N-dealkylation sites (N-methyl/N-ethyl adjacent to an activating group) is 1. The molecule has 0 bridgehead atoms. The molecule has 0 spiro atoms. The Labute approximate surface area is 206 Å². The van der Waals surface area contributed by atoms with Crippen LogP contribution in [0.2, 0.25) is 0 Å². The summed E-state index contributed by atoms with van der Waals surface area (Å²) in [7, 11) is 5.53. The van der Waals surface area contributed by atoms with E-state index in [1.807, 2.05) is 42.6 Å². The van der Waals surface area contributed by atoms with Gasteiger partial charge in [0.05, 0.1) is 30.5 Å². The smallest absolute Gasteiger partial charge is 0.337 e. The zero-order valence-corrected chi connectivity index (χ0v) is 21.1. The van der Waals surface area contributed by atoms with Crippen molar-refractivity contribution in [3.63, 3.8) is 0 Å². The van der Waals surface area contributed by atoms with Gasteiger partial charge in [0.1, 0.15) is 0 Å². The van der Waals surface area contributed by atoms with Crippen molar-refractivity contribution in [2.45, 2.75) is 25.9 Å². The molecule has 8 heteroatoms. The molecule has 0 aliphatic carbocycles. The van der Waals surface area contributed by atoms with Crippen LogP contribution < -0.4 is 5.32 Å². The molecular formula is C26H31N5O2S. The number of nitrogens with zero attached hydrogens (tertiary/aromatic N) is 4. The second-order valence-corrected chi connectivity index (χ2v) is 9.21. The van der Waals surface area contributed by atoms with E-state index in [1.54, 1.807) is 6.07 Å². The van der Waals surface area contributed by atoms with Gasteiger partial charge in [-0.1, -0.05) is 12.1 Å². The Kier molecular flexibility index (Phi) is 7.00. The van der Waals surface area contributed by atoms with Gasteiger partial charge in [-0.05, 0) is 82.1 Å². The molecule has 2 atom stereocenters. The maximum Gasteiger partial charge on any atom is 0.337 e. The maximum atomic E-state index is 12.1. The number of thiocarbonyl (C=S) groups is 1. The molecule has 1 aliphatic rings. The lowest BCUT2D eigenvalue weighted by Gasteiger charge is -2.29. The highest BCUT2D eigenvalue weighted by atomic mass is 32.1. The second-order valence-electron chi connectivity index (χ2n) is 8.83. The maximum absolute atomic E-state index is 12.1. The number of nitrogens with one attached hydrogen (secondary N) is 1. The lowest BCUT2D eigenvalue weighted by molar-refractivity contribution is 0.0600. The van der Waals surface area contributed by atoms with Crippen LogP contribution in [0.4, 0.5) is 0 Å². The van der Waals surface area contributed by atoms with E-state index in [1.165, 1.54) is 12.7 Å². The first-order valence-electron chi connectivity index (χ1n) is 11.3. The van der Waals surface area contributed by atoms with Crippen molar-refractivity contribution in [1.29, 1.82) is 0 Å². The van der Waals surface area contributed by atoms with Gasteiger partial charge in [0.25, 0.3) is 0 Å². The normalized spacial score (nSPS) is 17.8. The number of esters is 1. The van der Waals surface area contributed by atoms with Gasteiger partial charge in [-0.15, -0.1) is 0 Å². The highest BCUT2D eigenvalue weighted by molar-refractivity contribution is 7.80. The molecular weight excluding hydrogens is 446 g/mol. The first-order chi connectivity index (χ1) is 16.3. The van der Waals surface area contributed by atoms with E-state index < -0.39 is 0 Å². The number of hydrogen-bond donors (Lipinski definition) is 1. The molecule has 178 valence electrons. The number of pyridine rings is 1. The topological polar surface area (TPSA) is 62.6 Å². The highest BCUT2D eigenvalue weighted by Crippen LogP contribution is 2.41. The third kappa shape index (κ3) is 4.56. The molecule has 0 saturated carbocycles. The molecule has 34 heavy (non-hydrogen) atoms. The Hall–Kier alpha value is -3.23. The quantitative estimate of drug-likeness (QED) is 0.410. The second kappa shape index (κ2) is 9.95. The molecule has 4 rings (SSSR count). The van der Waals surface area contributed by atoms with Crippen LogP contribution in [-0.2, 0) is 4.74 Å². The highest BCUT2D eigenvalue weighted by Gasteiger charge is 2.41. The fourth-order valence-electron chi connectivity index (χ4n) is 4.67. The first-order valence-corrected chi connectivity index (χ1v) is 11.7. The number of rotatable bonds is 7. The van der Waals surface area contributed by atoms with Gasteiger partial charge in [0, 0.05) is 36.4 Å². The molecule has 1 saturated heterocycles. The molecule has 2 aromatic heterocycles. The summed E-state index contributed by atoms with van der Waals surface area (Å²) in [4.78, 5) is 21.2. The molecule has 3 heterocycles. The number of carbonyl (C=O) groups excluding carboxylic acids is 1. The third-order valence-corrected chi connectivity index (χ3v) is 6.65. The number of hydrogen-bond acceptors (Lipinski definition) is 5. The SMILES string of the molecule is COC(=O)c1cccc(-n2c(C)cc([C@@H]3[C@@H](c4ccccn4)NC(=S)N3CCN(C)C)c2C)c1. The number of aryl methyl sites for hydroxylation is 1. The summed E-state index contributed by atoms with van der Waals surface area (Å²) in [6, 6.07) is 15.7.